The number of ether oxygens (including phenoxy) is 1. The van der Waals surface area contributed by atoms with Crippen molar-refractivity contribution in [2.45, 2.75) is 25.5 Å². The van der Waals surface area contributed by atoms with Gasteiger partial charge in [0.1, 0.15) is 0 Å². The molecule has 1 fully saturated rings. The summed E-state index contributed by atoms with van der Waals surface area (Å²) in [6.45, 7) is 0.622. The lowest BCUT2D eigenvalue weighted by Gasteiger charge is -2.23. The van der Waals surface area contributed by atoms with E-state index in [0.717, 1.165) is 25.5 Å². The number of rotatable bonds is 1. The van der Waals surface area contributed by atoms with Crippen LogP contribution in [0.3, 0.4) is 0 Å². The van der Waals surface area contributed by atoms with Crippen LogP contribution in [0.4, 0.5) is 0 Å². The Morgan fingerprint density at radius 2 is 2.40 bits per heavy atom. The SMILES string of the molecule is O=c1c(Cl)c(O)cnn1[C@H]1CCCCO1. The van der Waals surface area contributed by atoms with Gasteiger partial charge in [-0.05, 0) is 19.3 Å². The zero-order valence-corrected chi connectivity index (χ0v) is 8.78. The molecule has 0 unspecified atom stereocenters. The number of aromatic hydroxyl groups is 1. The molecule has 1 atom stereocenters. The average Bonchev–Trinajstić information content (AvgIpc) is 2.27. The second-order valence-corrected chi connectivity index (χ2v) is 3.79. The van der Waals surface area contributed by atoms with Crippen LogP contribution in [-0.2, 0) is 4.74 Å². The maximum absolute atomic E-state index is 11.6. The second-order valence-electron chi connectivity index (χ2n) is 3.41. The predicted octanol–water partition coefficient (Wildman–Crippen LogP) is 1.30. The van der Waals surface area contributed by atoms with Gasteiger partial charge in [0.15, 0.2) is 17.0 Å². The molecule has 5 nitrogen and oxygen atoms in total. The monoisotopic (exact) mass is 230 g/mol. The highest BCUT2D eigenvalue weighted by Crippen LogP contribution is 2.22. The summed E-state index contributed by atoms with van der Waals surface area (Å²) >= 11 is 5.62. The predicted molar refractivity (Wildman–Crippen MR) is 54.0 cm³/mol. The Balaban J connectivity index is 2.35. The van der Waals surface area contributed by atoms with E-state index >= 15 is 0 Å². The van der Waals surface area contributed by atoms with E-state index in [1.54, 1.807) is 0 Å². The van der Waals surface area contributed by atoms with Gasteiger partial charge in [0.05, 0.1) is 6.20 Å². The molecule has 0 bridgehead atoms. The Morgan fingerprint density at radius 3 is 3.07 bits per heavy atom. The maximum Gasteiger partial charge on any atom is 0.291 e. The molecule has 0 aliphatic carbocycles. The third kappa shape index (κ3) is 1.98. The molecule has 1 aliphatic rings. The first kappa shape index (κ1) is 10.4. The highest BCUT2D eigenvalue weighted by molar-refractivity contribution is 6.31. The molecule has 0 radical (unpaired) electrons. The summed E-state index contributed by atoms with van der Waals surface area (Å²) in [4.78, 5) is 11.6. The Morgan fingerprint density at radius 1 is 1.60 bits per heavy atom. The van der Waals surface area contributed by atoms with Crippen molar-refractivity contribution in [3.05, 3.63) is 21.6 Å². The first-order valence-electron chi connectivity index (χ1n) is 4.78. The normalized spacial score (nSPS) is 21.5. The van der Waals surface area contributed by atoms with Crippen LogP contribution < -0.4 is 5.56 Å². The zero-order valence-electron chi connectivity index (χ0n) is 8.02. The van der Waals surface area contributed by atoms with Gasteiger partial charge in [-0.15, -0.1) is 0 Å². The molecule has 2 rings (SSSR count). The zero-order chi connectivity index (χ0) is 10.8. The molecular formula is C9H11ClN2O3. The third-order valence-corrected chi connectivity index (χ3v) is 2.71. The molecular weight excluding hydrogens is 220 g/mol. The molecule has 82 valence electrons. The van der Waals surface area contributed by atoms with Crippen LogP contribution in [0.1, 0.15) is 25.5 Å². The number of aromatic nitrogens is 2. The van der Waals surface area contributed by atoms with Crippen LogP contribution in [0.2, 0.25) is 5.02 Å². The lowest BCUT2D eigenvalue weighted by atomic mass is 10.2. The second kappa shape index (κ2) is 4.20. The van der Waals surface area contributed by atoms with Gasteiger partial charge < -0.3 is 9.84 Å². The Hall–Kier alpha value is -1.07. The van der Waals surface area contributed by atoms with Crippen molar-refractivity contribution in [3.8, 4) is 5.75 Å². The van der Waals surface area contributed by atoms with Gasteiger partial charge in [-0.2, -0.15) is 9.78 Å². The molecule has 1 N–H and O–H groups in total. The molecule has 0 saturated carbocycles. The van der Waals surface area contributed by atoms with Crippen LogP contribution in [-0.4, -0.2) is 21.5 Å². The van der Waals surface area contributed by atoms with Gasteiger partial charge in [0.2, 0.25) is 0 Å². The largest absolute Gasteiger partial charge is 0.505 e. The number of hydrogen-bond donors (Lipinski definition) is 1. The minimum Gasteiger partial charge on any atom is -0.505 e. The van der Waals surface area contributed by atoms with E-state index in [2.05, 4.69) is 5.10 Å². The summed E-state index contributed by atoms with van der Waals surface area (Å²) in [6, 6.07) is 0. The Kier molecular flexibility index (Phi) is 2.93. The first-order valence-corrected chi connectivity index (χ1v) is 5.16. The van der Waals surface area contributed by atoms with E-state index in [1.165, 1.54) is 4.68 Å². The fraction of sp³-hybridized carbons (Fsp3) is 0.556. The van der Waals surface area contributed by atoms with E-state index in [1.807, 2.05) is 0 Å². The minimum atomic E-state index is -0.511. The fourth-order valence-electron chi connectivity index (χ4n) is 1.56. The highest BCUT2D eigenvalue weighted by atomic mass is 35.5. The fourth-order valence-corrected chi connectivity index (χ4v) is 1.69. The summed E-state index contributed by atoms with van der Waals surface area (Å²) in [6.07, 6.45) is 3.54. The van der Waals surface area contributed by atoms with E-state index in [9.17, 15) is 9.90 Å². The lowest BCUT2D eigenvalue weighted by Crippen LogP contribution is -2.30. The van der Waals surface area contributed by atoms with Crippen molar-refractivity contribution in [2.24, 2.45) is 0 Å². The van der Waals surface area contributed by atoms with Gasteiger partial charge >= 0.3 is 0 Å². The standard InChI is InChI=1S/C9H11ClN2O3/c10-8-6(13)5-11-12(9(8)14)7-3-1-2-4-15-7/h5,7,13H,1-4H2/t7-/m1/s1. The van der Waals surface area contributed by atoms with Crippen molar-refractivity contribution in [1.82, 2.24) is 9.78 Å². The van der Waals surface area contributed by atoms with Gasteiger partial charge in [0.25, 0.3) is 5.56 Å². The molecule has 1 aromatic rings. The topological polar surface area (TPSA) is 64.3 Å². The molecule has 0 spiro atoms. The van der Waals surface area contributed by atoms with Crippen molar-refractivity contribution in [2.75, 3.05) is 6.61 Å². The van der Waals surface area contributed by atoms with E-state index in [0.29, 0.717) is 6.61 Å². The summed E-state index contributed by atoms with van der Waals surface area (Å²) < 4.78 is 6.58. The summed E-state index contributed by atoms with van der Waals surface area (Å²) in [5, 5.41) is 12.8. The van der Waals surface area contributed by atoms with Gasteiger partial charge in [-0.1, -0.05) is 11.6 Å². The molecule has 0 aromatic carbocycles. The number of nitrogens with zero attached hydrogens (tertiary/aromatic N) is 2. The van der Waals surface area contributed by atoms with E-state index in [-0.39, 0.29) is 17.0 Å². The summed E-state index contributed by atoms with van der Waals surface area (Å²) in [5.41, 5.74) is -0.511. The average molecular weight is 231 g/mol. The van der Waals surface area contributed by atoms with Crippen molar-refractivity contribution >= 4 is 11.6 Å². The van der Waals surface area contributed by atoms with Gasteiger partial charge in [0, 0.05) is 6.61 Å². The quantitative estimate of drug-likeness (QED) is 0.790. The van der Waals surface area contributed by atoms with Gasteiger partial charge in [-0.25, -0.2) is 0 Å². The maximum atomic E-state index is 11.6. The Labute approximate surface area is 91.2 Å². The summed E-state index contributed by atoms with van der Waals surface area (Å²) in [7, 11) is 0. The molecule has 2 heterocycles. The molecule has 0 amide bonds. The molecule has 1 aliphatic heterocycles. The summed E-state index contributed by atoms with van der Waals surface area (Å²) in [5.74, 6) is -0.297. The Bertz CT molecular complexity index is 412. The molecule has 1 saturated heterocycles. The number of hydrogen-bond acceptors (Lipinski definition) is 4. The van der Waals surface area contributed by atoms with Crippen LogP contribution >= 0.6 is 11.6 Å². The lowest BCUT2D eigenvalue weighted by molar-refractivity contribution is -0.0425. The van der Waals surface area contributed by atoms with Crippen LogP contribution in [0, 0.1) is 0 Å². The van der Waals surface area contributed by atoms with Crippen LogP contribution in [0.25, 0.3) is 0 Å². The first-order chi connectivity index (χ1) is 7.20. The molecule has 1 aromatic heterocycles. The molecule has 6 heteroatoms. The molecule has 15 heavy (non-hydrogen) atoms. The smallest absolute Gasteiger partial charge is 0.291 e. The van der Waals surface area contributed by atoms with Crippen LogP contribution in [0.5, 0.6) is 5.75 Å². The van der Waals surface area contributed by atoms with E-state index < -0.39 is 5.56 Å². The van der Waals surface area contributed by atoms with Crippen molar-refractivity contribution in [3.63, 3.8) is 0 Å². The van der Waals surface area contributed by atoms with Gasteiger partial charge in [-0.3, -0.25) is 4.79 Å². The van der Waals surface area contributed by atoms with Crippen LogP contribution in [0.15, 0.2) is 11.0 Å². The van der Waals surface area contributed by atoms with E-state index in [4.69, 9.17) is 16.3 Å². The van der Waals surface area contributed by atoms with Crippen molar-refractivity contribution < 1.29 is 9.84 Å². The third-order valence-electron chi connectivity index (χ3n) is 2.35. The minimum absolute atomic E-state index is 0.209. The van der Waals surface area contributed by atoms with Crippen molar-refractivity contribution in [1.29, 1.82) is 0 Å². The number of halogens is 1. The highest BCUT2D eigenvalue weighted by Gasteiger charge is 2.19.